The summed E-state index contributed by atoms with van der Waals surface area (Å²) in [5.74, 6) is 0. The molecule has 1 aromatic heterocycles. The van der Waals surface area contributed by atoms with Crippen molar-refractivity contribution in [1.82, 2.24) is 10.3 Å². The standard InChI is InChI=1S/C12H18N2/c1-2-5-12(4-1)7-11(12)14-9-10-3-6-13-8-10/h3,6,8,11,13-14H,1-2,4-5,7,9H2. The smallest absolute Gasteiger partial charge is 0.0223 e. The summed E-state index contributed by atoms with van der Waals surface area (Å²) in [6, 6.07) is 2.97. The third-order valence-corrected chi connectivity index (χ3v) is 4.00. The van der Waals surface area contributed by atoms with E-state index in [9.17, 15) is 0 Å². The van der Waals surface area contributed by atoms with E-state index in [0.717, 1.165) is 18.0 Å². The van der Waals surface area contributed by atoms with Crippen LogP contribution in [0.2, 0.25) is 0 Å². The van der Waals surface area contributed by atoms with Crippen molar-refractivity contribution in [1.29, 1.82) is 0 Å². The van der Waals surface area contributed by atoms with Crippen molar-refractivity contribution in [3.05, 3.63) is 24.0 Å². The molecule has 0 bridgehead atoms. The van der Waals surface area contributed by atoms with Crippen LogP contribution in [0.25, 0.3) is 0 Å². The number of aromatic amines is 1. The van der Waals surface area contributed by atoms with E-state index in [1.807, 2.05) is 6.20 Å². The van der Waals surface area contributed by atoms with Gasteiger partial charge in [-0.05, 0) is 36.3 Å². The minimum absolute atomic E-state index is 0.732. The maximum atomic E-state index is 3.67. The highest BCUT2D eigenvalue weighted by Gasteiger charge is 2.54. The zero-order valence-electron chi connectivity index (χ0n) is 8.55. The first-order chi connectivity index (χ1) is 6.89. The van der Waals surface area contributed by atoms with Crippen LogP contribution in [0.3, 0.4) is 0 Å². The van der Waals surface area contributed by atoms with Gasteiger partial charge in [0.15, 0.2) is 0 Å². The second kappa shape index (κ2) is 3.13. The Morgan fingerprint density at radius 1 is 1.43 bits per heavy atom. The topological polar surface area (TPSA) is 27.8 Å². The number of rotatable bonds is 3. The van der Waals surface area contributed by atoms with Gasteiger partial charge >= 0.3 is 0 Å². The van der Waals surface area contributed by atoms with Gasteiger partial charge in [-0.2, -0.15) is 0 Å². The van der Waals surface area contributed by atoms with Crippen LogP contribution < -0.4 is 5.32 Å². The minimum Gasteiger partial charge on any atom is -0.367 e. The molecule has 76 valence electrons. The summed E-state index contributed by atoms with van der Waals surface area (Å²) in [6.45, 7) is 1.04. The molecule has 2 aliphatic carbocycles. The molecule has 2 fully saturated rings. The highest BCUT2D eigenvalue weighted by atomic mass is 15.0. The van der Waals surface area contributed by atoms with Crippen molar-refractivity contribution in [2.45, 2.75) is 44.7 Å². The van der Waals surface area contributed by atoms with Crippen LogP contribution in [0.15, 0.2) is 18.5 Å². The maximum absolute atomic E-state index is 3.67. The lowest BCUT2D eigenvalue weighted by molar-refractivity contribution is 0.468. The Morgan fingerprint density at radius 2 is 2.29 bits per heavy atom. The lowest BCUT2D eigenvalue weighted by atomic mass is 10.1. The Hall–Kier alpha value is -0.760. The van der Waals surface area contributed by atoms with Crippen LogP contribution in [-0.2, 0) is 6.54 Å². The van der Waals surface area contributed by atoms with Gasteiger partial charge in [0.25, 0.3) is 0 Å². The van der Waals surface area contributed by atoms with E-state index in [1.54, 1.807) is 0 Å². The lowest BCUT2D eigenvalue weighted by Gasteiger charge is -2.08. The largest absolute Gasteiger partial charge is 0.367 e. The Balaban J connectivity index is 1.51. The molecule has 2 saturated carbocycles. The fourth-order valence-corrected chi connectivity index (χ4v) is 2.98. The molecule has 0 amide bonds. The van der Waals surface area contributed by atoms with Crippen molar-refractivity contribution in [2.24, 2.45) is 5.41 Å². The summed E-state index contributed by atoms with van der Waals surface area (Å²) >= 11 is 0. The van der Waals surface area contributed by atoms with Gasteiger partial charge < -0.3 is 10.3 Å². The highest BCUT2D eigenvalue weighted by molar-refractivity contribution is 5.13. The molecule has 2 aliphatic rings. The molecular formula is C12H18N2. The quantitative estimate of drug-likeness (QED) is 0.752. The lowest BCUT2D eigenvalue weighted by Crippen LogP contribution is -2.20. The van der Waals surface area contributed by atoms with E-state index in [-0.39, 0.29) is 0 Å². The molecule has 1 atom stereocenters. The predicted molar refractivity (Wildman–Crippen MR) is 56.9 cm³/mol. The predicted octanol–water partition coefficient (Wildman–Crippen LogP) is 2.44. The SMILES string of the molecule is c1cc(CNC2CC23CCCC3)c[nH]1. The van der Waals surface area contributed by atoms with E-state index in [2.05, 4.69) is 22.6 Å². The average molecular weight is 190 g/mol. The first-order valence-corrected chi connectivity index (χ1v) is 5.74. The van der Waals surface area contributed by atoms with Crippen LogP contribution in [0, 0.1) is 5.41 Å². The van der Waals surface area contributed by atoms with Crippen molar-refractivity contribution in [2.75, 3.05) is 0 Å². The first kappa shape index (κ1) is 8.54. The molecule has 1 unspecified atom stereocenters. The molecular weight excluding hydrogens is 172 g/mol. The Morgan fingerprint density at radius 3 is 3.00 bits per heavy atom. The third-order valence-electron chi connectivity index (χ3n) is 4.00. The van der Waals surface area contributed by atoms with Crippen LogP contribution in [0.4, 0.5) is 0 Å². The zero-order chi connectivity index (χ0) is 9.43. The number of nitrogens with one attached hydrogen (secondary N) is 2. The van der Waals surface area contributed by atoms with Gasteiger partial charge in [-0.1, -0.05) is 12.8 Å². The molecule has 0 saturated heterocycles. The highest BCUT2D eigenvalue weighted by Crippen LogP contribution is 2.57. The van der Waals surface area contributed by atoms with Crippen LogP contribution in [0.1, 0.15) is 37.7 Å². The number of H-pyrrole nitrogens is 1. The van der Waals surface area contributed by atoms with Crippen molar-refractivity contribution in [3.8, 4) is 0 Å². The summed E-state index contributed by atoms with van der Waals surface area (Å²) < 4.78 is 0. The second-order valence-corrected chi connectivity index (χ2v) is 4.93. The van der Waals surface area contributed by atoms with E-state index in [0.29, 0.717) is 0 Å². The molecule has 1 aromatic rings. The number of hydrogen-bond donors (Lipinski definition) is 2. The van der Waals surface area contributed by atoms with Crippen molar-refractivity contribution < 1.29 is 0 Å². The Kier molecular flexibility index (Phi) is 1.91. The average Bonchev–Trinajstić information content (AvgIpc) is 2.63. The van der Waals surface area contributed by atoms with E-state index >= 15 is 0 Å². The molecule has 1 spiro atoms. The summed E-state index contributed by atoms with van der Waals surface area (Å²) in [5, 5.41) is 3.67. The normalized spacial score (nSPS) is 28.4. The van der Waals surface area contributed by atoms with Crippen LogP contribution in [0.5, 0.6) is 0 Å². The zero-order valence-corrected chi connectivity index (χ0v) is 8.55. The van der Waals surface area contributed by atoms with Gasteiger partial charge in [0, 0.05) is 25.0 Å². The summed E-state index contributed by atoms with van der Waals surface area (Å²) in [4.78, 5) is 3.09. The number of hydrogen-bond acceptors (Lipinski definition) is 1. The first-order valence-electron chi connectivity index (χ1n) is 5.74. The second-order valence-electron chi connectivity index (χ2n) is 4.93. The van der Waals surface area contributed by atoms with Gasteiger partial charge in [-0.25, -0.2) is 0 Å². The molecule has 2 heteroatoms. The molecule has 0 aliphatic heterocycles. The monoisotopic (exact) mass is 190 g/mol. The van der Waals surface area contributed by atoms with Gasteiger partial charge in [-0.15, -0.1) is 0 Å². The van der Waals surface area contributed by atoms with Gasteiger partial charge in [0.2, 0.25) is 0 Å². The Bertz CT molecular complexity index is 296. The van der Waals surface area contributed by atoms with E-state index in [4.69, 9.17) is 0 Å². The number of aromatic nitrogens is 1. The molecule has 14 heavy (non-hydrogen) atoms. The Labute approximate surface area is 85.1 Å². The fraction of sp³-hybridized carbons (Fsp3) is 0.667. The van der Waals surface area contributed by atoms with Crippen molar-refractivity contribution >= 4 is 0 Å². The van der Waals surface area contributed by atoms with Crippen molar-refractivity contribution in [3.63, 3.8) is 0 Å². The third kappa shape index (κ3) is 1.38. The van der Waals surface area contributed by atoms with Gasteiger partial charge in [0.1, 0.15) is 0 Å². The molecule has 3 rings (SSSR count). The van der Waals surface area contributed by atoms with E-state index < -0.39 is 0 Å². The summed E-state index contributed by atoms with van der Waals surface area (Å²) in [5.41, 5.74) is 2.11. The van der Waals surface area contributed by atoms with Crippen LogP contribution in [-0.4, -0.2) is 11.0 Å². The maximum Gasteiger partial charge on any atom is 0.0223 e. The van der Waals surface area contributed by atoms with E-state index in [1.165, 1.54) is 37.7 Å². The fourth-order valence-electron chi connectivity index (χ4n) is 2.98. The molecule has 2 nitrogen and oxygen atoms in total. The van der Waals surface area contributed by atoms with Crippen LogP contribution >= 0.6 is 0 Å². The molecule has 0 aromatic carbocycles. The van der Waals surface area contributed by atoms with Gasteiger partial charge in [0.05, 0.1) is 0 Å². The summed E-state index contributed by atoms with van der Waals surface area (Å²) in [7, 11) is 0. The molecule has 2 N–H and O–H groups in total. The van der Waals surface area contributed by atoms with Gasteiger partial charge in [-0.3, -0.25) is 0 Å². The summed E-state index contributed by atoms with van der Waals surface area (Å²) in [6.07, 6.45) is 11.4. The molecule has 1 heterocycles. The minimum atomic E-state index is 0.732. The molecule has 0 radical (unpaired) electrons.